The topological polar surface area (TPSA) is 72.0 Å². The van der Waals surface area contributed by atoms with Crippen LogP contribution in [0.2, 0.25) is 0 Å². The highest BCUT2D eigenvalue weighted by Crippen LogP contribution is 2.22. The van der Waals surface area contributed by atoms with Crippen LogP contribution in [-0.4, -0.2) is 45.3 Å². The number of aromatic nitrogens is 4. The molecule has 0 aliphatic heterocycles. The van der Waals surface area contributed by atoms with Crippen molar-refractivity contribution in [1.29, 1.82) is 0 Å². The summed E-state index contributed by atoms with van der Waals surface area (Å²) in [6.07, 6.45) is 5.01. The summed E-state index contributed by atoms with van der Waals surface area (Å²) in [5.74, 6) is 1.70. The minimum Gasteiger partial charge on any atom is -0.468 e. The van der Waals surface area contributed by atoms with Gasteiger partial charge in [-0.15, -0.1) is 0 Å². The zero-order valence-electron chi connectivity index (χ0n) is 12.3. The van der Waals surface area contributed by atoms with Crippen LogP contribution < -0.4 is 5.32 Å². The van der Waals surface area contributed by atoms with Crippen LogP contribution in [0.1, 0.15) is 11.8 Å². The van der Waals surface area contributed by atoms with Gasteiger partial charge >= 0.3 is 0 Å². The number of fused-ring (bicyclic) bond motifs is 1. The first-order valence-corrected chi connectivity index (χ1v) is 6.73. The molecule has 0 saturated carbocycles. The molecule has 0 fully saturated rings. The minimum absolute atomic E-state index is 0.127. The third-order valence-electron chi connectivity index (χ3n) is 3.49. The molecule has 0 radical (unpaired) electrons. The first-order chi connectivity index (χ1) is 10.2. The molecular formula is C14H18N6O. The van der Waals surface area contributed by atoms with Crippen LogP contribution in [0.5, 0.6) is 0 Å². The highest BCUT2D eigenvalue weighted by Gasteiger charge is 2.17. The molecule has 0 aliphatic rings. The Balaban J connectivity index is 1.82. The maximum absolute atomic E-state index is 5.51. The van der Waals surface area contributed by atoms with Gasteiger partial charge in [0.25, 0.3) is 0 Å². The van der Waals surface area contributed by atoms with Crippen LogP contribution in [0.25, 0.3) is 11.0 Å². The van der Waals surface area contributed by atoms with Gasteiger partial charge in [-0.2, -0.15) is 5.10 Å². The summed E-state index contributed by atoms with van der Waals surface area (Å²) in [5.41, 5.74) is 0.812. The van der Waals surface area contributed by atoms with Crippen LogP contribution in [0.4, 0.5) is 5.82 Å². The molecule has 1 atom stereocenters. The lowest BCUT2D eigenvalue weighted by Gasteiger charge is -2.22. The third-order valence-corrected chi connectivity index (χ3v) is 3.49. The molecule has 0 spiro atoms. The first kappa shape index (κ1) is 13.6. The van der Waals surface area contributed by atoms with E-state index in [1.165, 1.54) is 0 Å². The summed E-state index contributed by atoms with van der Waals surface area (Å²) >= 11 is 0. The normalized spacial score (nSPS) is 13.0. The Hall–Kier alpha value is -2.41. The van der Waals surface area contributed by atoms with Gasteiger partial charge in [0.05, 0.1) is 23.9 Å². The summed E-state index contributed by atoms with van der Waals surface area (Å²) in [6.45, 7) is 0.682. The second-order valence-electron chi connectivity index (χ2n) is 5.10. The quantitative estimate of drug-likeness (QED) is 0.769. The number of anilines is 1. The van der Waals surface area contributed by atoms with Gasteiger partial charge in [-0.05, 0) is 26.2 Å². The summed E-state index contributed by atoms with van der Waals surface area (Å²) < 4.78 is 7.24. The van der Waals surface area contributed by atoms with Crippen molar-refractivity contribution in [3.63, 3.8) is 0 Å². The Morgan fingerprint density at radius 1 is 1.38 bits per heavy atom. The lowest BCUT2D eigenvalue weighted by molar-refractivity contribution is 0.269. The number of hydrogen-bond donors (Lipinski definition) is 1. The van der Waals surface area contributed by atoms with Crippen LogP contribution in [0.15, 0.2) is 35.3 Å². The number of nitrogens with zero attached hydrogens (tertiary/aromatic N) is 5. The molecule has 110 valence electrons. The molecule has 0 bridgehead atoms. The summed E-state index contributed by atoms with van der Waals surface area (Å²) in [4.78, 5) is 10.6. The van der Waals surface area contributed by atoms with E-state index >= 15 is 0 Å². The van der Waals surface area contributed by atoms with Crippen molar-refractivity contribution in [3.05, 3.63) is 36.7 Å². The molecule has 0 aromatic carbocycles. The van der Waals surface area contributed by atoms with E-state index in [1.807, 2.05) is 33.3 Å². The largest absolute Gasteiger partial charge is 0.468 e. The first-order valence-electron chi connectivity index (χ1n) is 6.73. The van der Waals surface area contributed by atoms with E-state index in [0.717, 1.165) is 22.6 Å². The number of aryl methyl sites for hydroxylation is 1. The lowest BCUT2D eigenvalue weighted by atomic mass is 10.2. The van der Waals surface area contributed by atoms with Crippen molar-refractivity contribution in [2.75, 3.05) is 26.0 Å². The molecule has 3 aromatic heterocycles. The van der Waals surface area contributed by atoms with E-state index in [1.54, 1.807) is 23.5 Å². The SMILES string of the molecule is CN(C)C(CNc1ncnc2c1cnn2C)c1ccco1. The van der Waals surface area contributed by atoms with Crippen molar-refractivity contribution >= 4 is 16.9 Å². The highest BCUT2D eigenvalue weighted by molar-refractivity contribution is 5.85. The van der Waals surface area contributed by atoms with Crippen molar-refractivity contribution in [2.24, 2.45) is 7.05 Å². The average Bonchev–Trinajstić information content (AvgIpc) is 3.10. The molecular weight excluding hydrogens is 268 g/mol. The fourth-order valence-corrected chi connectivity index (χ4v) is 2.31. The van der Waals surface area contributed by atoms with Crippen molar-refractivity contribution < 1.29 is 4.42 Å². The fourth-order valence-electron chi connectivity index (χ4n) is 2.31. The molecule has 1 N–H and O–H groups in total. The zero-order valence-corrected chi connectivity index (χ0v) is 12.3. The minimum atomic E-state index is 0.127. The fraction of sp³-hybridized carbons (Fsp3) is 0.357. The van der Waals surface area contributed by atoms with Gasteiger partial charge < -0.3 is 9.73 Å². The predicted molar refractivity (Wildman–Crippen MR) is 79.9 cm³/mol. The van der Waals surface area contributed by atoms with E-state index in [-0.39, 0.29) is 6.04 Å². The molecule has 3 aromatic rings. The van der Waals surface area contributed by atoms with Crippen LogP contribution in [0, 0.1) is 0 Å². The molecule has 3 heterocycles. The van der Waals surface area contributed by atoms with Gasteiger partial charge in [0, 0.05) is 13.6 Å². The average molecular weight is 286 g/mol. The van der Waals surface area contributed by atoms with Crippen molar-refractivity contribution in [3.8, 4) is 0 Å². The maximum atomic E-state index is 5.51. The number of hydrogen-bond acceptors (Lipinski definition) is 6. The predicted octanol–water partition coefficient (Wildman–Crippen LogP) is 1.67. The zero-order chi connectivity index (χ0) is 14.8. The number of rotatable bonds is 5. The van der Waals surface area contributed by atoms with Gasteiger partial charge in [0.1, 0.15) is 17.9 Å². The van der Waals surface area contributed by atoms with E-state index in [2.05, 4.69) is 25.3 Å². The van der Waals surface area contributed by atoms with E-state index in [0.29, 0.717) is 6.54 Å². The molecule has 21 heavy (non-hydrogen) atoms. The monoisotopic (exact) mass is 286 g/mol. The lowest BCUT2D eigenvalue weighted by Crippen LogP contribution is -2.26. The summed E-state index contributed by atoms with van der Waals surface area (Å²) in [5, 5.41) is 8.49. The second kappa shape index (κ2) is 5.53. The Labute approximate surface area is 122 Å². The Bertz CT molecular complexity index is 718. The smallest absolute Gasteiger partial charge is 0.163 e. The molecule has 7 nitrogen and oxygen atoms in total. The van der Waals surface area contributed by atoms with Gasteiger partial charge in [0.2, 0.25) is 0 Å². The maximum Gasteiger partial charge on any atom is 0.163 e. The van der Waals surface area contributed by atoms with E-state index in [4.69, 9.17) is 4.42 Å². The Morgan fingerprint density at radius 3 is 2.95 bits per heavy atom. The Kier molecular flexibility index (Phi) is 3.57. The summed E-state index contributed by atoms with van der Waals surface area (Å²) in [6, 6.07) is 4.00. The van der Waals surface area contributed by atoms with Crippen molar-refractivity contribution in [2.45, 2.75) is 6.04 Å². The molecule has 1 unspecified atom stereocenters. The van der Waals surface area contributed by atoms with E-state index in [9.17, 15) is 0 Å². The van der Waals surface area contributed by atoms with Crippen LogP contribution >= 0.6 is 0 Å². The van der Waals surface area contributed by atoms with Crippen molar-refractivity contribution in [1.82, 2.24) is 24.6 Å². The molecule has 3 rings (SSSR count). The van der Waals surface area contributed by atoms with Crippen LogP contribution in [0.3, 0.4) is 0 Å². The van der Waals surface area contributed by atoms with E-state index < -0.39 is 0 Å². The molecule has 0 saturated heterocycles. The third kappa shape index (κ3) is 2.59. The Morgan fingerprint density at radius 2 is 2.24 bits per heavy atom. The number of likely N-dealkylation sites (N-methyl/N-ethyl adjacent to an activating group) is 1. The molecule has 0 amide bonds. The number of furan rings is 1. The standard InChI is InChI=1S/C14H18N6O/c1-19(2)11(12-5-4-6-21-12)8-15-13-10-7-18-20(3)14(10)17-9-16-13/h4-7,9,11H,8H2,1-3H3,(H,15,16,17). The summed E-state index contributed by atoms with van der Waals surface area (Å²) in [7, 11) is 5.91. The van der Waals surface area contributed by atoms with Gasteiger partial charge in [-0.3, -0.25) is 9.58 Å². The highest BCUT2D eigenvalue weighted by atomic mass is 16.3. The molecule has 7 heteroatoms. The molecule has 0 aliphatic carbocycles. The number of nitrogens with one attached hydrogen (secondary N) is 1. The van der Waals surface area contributed by atoms with Gasteiger partial charge in [-0.25, -0.2) is 9.97 Å². The van der Waals surface area contributed by atoms with Crippen LogP contribution in [-0.2, 0) is 7.05 Å². The second-order valence-corrected chi connectivity index (χ2v) is 5.10. The van der Waals surface area contributed by atoms with Gasteiger partial charge in [-0.1, -0.05) is 0 Å². The van der Waals surface area contributed by atoms with Gasteiger partial charge in [0.15, 0.2) is 5.65 Å².